The molecule has 0 aliphatic rings. The number of amides is 1. The van der Waals surface area contributed by atoms with Crippen molar-refractivity contribution >= 4 is 5.91 Å². The quantitative estimate of drug-likeness (QED) is 0.562. The largest absolute Gasteiger partial charge is 0.396 e. The van der Waals surface area contributed by atoms with Crippen molar-refractivity contribution < 1.29 is 19.4 Å². The molecule has 5 heteroatoms. The lowest BCUT2D eigenvalue weighted by molar-refractivity contribution is -0.122. The van der Waals surface area contributed by atoms with E-state index in [4.69, 9.17) is 14.6 Å². The predicted octanol–water partition coefficient (Wildman–Crippen LogP) is -0.463. The zero-order chi connectivity index (χ0) is 10.8. The molecule has 1 amide bonds. The minimum Gasteiger partial charge on any atom is -0.396 e. The van der Waals surface area contributed by atoms with Gasteiger partial charge in [0.2, 0.25) is 5.91 Å². The first-order valence-corrected chi connectivity index (χ1v) is 4.63. The zero-order valence-electron chi connectivity index (χ0n) is 8.78. The van der Waals surface area contributed by atoms with E-state index in [0.29, 0.717) is 26.0 Å². The number of carbonyl (C=O) groups excluding carboxylic acids is 1. The second-order valence-corrected chi connectivity index (χ2v) is 2.94. The summed E-state index contributed by atoms with van der Waals surface area (Å²) in [4.78, 5) is 11.1. The molecule has 5 nitrogen and oxygen atoms in total. The van der Waals surface area contributed by atoms with E-state index in [1.165, 1.54) is 0 Å². The molecule has 0 spiro atoms. The van der Waals surface area contributed by atoms with Gasteiger partial charge in [0.1, 0.15) is 0 Å². The van der Waals surface area contributed by atoms with E-state index in [2.05, 4.69) is 5.32 Å². The second-order valence-electron chi connectivity index (χ2n) is 2.94. The molecule has 0 fully saturated rings. The Morgan fingerprint density at radius 3 is 2.71 bits per heavy atom. The van der Waals surface area contributed by atoms with Gasteiger partial charge in [-0.1, -0.05) is 0 Å². The Hall–Kier alpha value is -0.650. The van der Waals surface area contributed by atoms with Crippen molar-refractivity contribution in [3.8, 4) is 0 Å². The zero-order valence-corrected chi connectivity index (χ0v) is 8.78. The van der Waals surface area contributed by atoms with E-state index in [1.54, 1.807) is 14.2 Å². The smallest absolute Gasteiger partial charge is 0.220 e. The maximum absolute atomic E-state index is 11.1. The summed E-state index contributed by atoms with van der Waals surface area (Å²) in [5.74, 6) is -0.0720. The van der Waals surface area contributed by atoms with Gasteiger partial charge in [-0.15, -0.1) is 0 Å². The van der Waals surface area contributed by atoms with Crippen molar-refractivity contribution in [1.82, 2.24) is 5.32 Å². The van der Waals surface area contributed by atoms with Crippen molar-refractivity contribution in [2.75, 3.05) is 34.0 Å². The molecule has 0 aliphatic carbocycles. The van der Waals surface area contributed by atoms with Crippen molar-refractivity contribution in [2.24, 2.45) is 0 Å². The van der Waals surface area contributed by atoms with Crippen LogP contribution in [0.4, 0.5) is 0 Å². The Kier molecular flexibility index (Phi) is 8.51. The summed E-state index contributed by atoms with van der Waals surface area (Å²) in [5.41, 5.74) is 0. The number of carbonyl (C=O) groups is 1. The summed E-state index contributed by atoms with van der Waals surface area (Å²) in [6.45, 7) is 0.935. The van der Waals surface area contributed by atoms with Crippen LogP contribution in [0.25, 0.3) is 0 Å². The highest BCUT2D eigenvalue weighted by molar-refractivity contribution is 5.75. The molecule has 84 valence electrons. The molecule has 0 rings (SSSR count). The van der Waals surface area contributed by atoms with Crippen LogP contribution >= 0.6 is 0 Å². The molecule has 2 N–H and O–H groups in total. The monoisotopic (exact) mass is 205 g/mol. The number of hydrogen-bond donors (Lipinski definition) is 2. The SMILES string of the molecule is COCC(CNC(=O)CCCO)OC. The van der Waals surface area contributed by atoms with Crippen LogP contribution in [0, 0.1) is 0 Å². The Morgan fingerprint density at radius 2 is 2.21 bits per heavy atom. The lowest BCUT2D eigenvalue weighted by atomic mass is 10.3. The van der Waals surface area contributed by atoms with E-state index in [-0.39, 0.29) is 18.6 Å². The lowest BCUT2D eigenvalue weighted by Gasteiger charge is -2.14. The number of methoxy groups -OCH3 is 2. The fourth-order valence-electron chi connectivity index (χ4n) is 0.952. The fourth-order valence-corrected chi connectivity index (χ4v) is 0.952. The average Bonchev–Trinajstić information content (AvgIpc) is 2.21. The van der Waals surface area contributed by atoms with Crippen LogP contribution < -0.4 is 5.32 Å². The molecule has 0 bridgehead atoms. The van der Waals surface area contributed by atoms with Crippen LogP contribution in [-0.2, 0) is 14.3 Å². The summed E-state index contributed by atoms with van der Waals surface area (Å²) < 4.78 is 9.95. The van der Waals surface area contributed by atoms with Crippen LogP contribution in [0.3, 0.4) is 0 Å². The second kappa shape index (κ2) is 8.93. The average molecular weight is 205 g/mol. The van der Waals surface area contributed by atoms with Gasteiger partial charge < -0.3 is 19.9 Å². The van der Waals surface area contributed by atoms with Crippen LogP contribution in [-0.4, -0.2) is 51.1 Å². The normalized spacial score (nSPS) is 12.5. The molecular formula is C9H19NO4. The first kappa shape index (κ1) is 13.4. The number of aliphatic hydroxyl groups excluding tert-OH is 1. The van der Waals surface area contributed by atoms with Crippen LogP contribution in [0.2, 0.25) is 0 Å². The van der Waals surface area contributed by atoms with Crippen molar-refractivity contribution in [1.29, 1.82) is 0 Å². The molecule has 0 aromatic carbocycles. The predicted molar refractivity (Wildman–Crippen MR) is 52.0 cm³/mol. The molecule has 1 atom stereocenters. The third-order valence-corrected chi connectivity index (χ3v) is 1.77. The molecule has 0 saturated heterocycles. The maximum Gasteiger partial charge on any atom is 0.220 e. The Bertz CT molecular complexity index is 152. The highest BCUT2D eigenvalue weighted by Gasteiger charge is 2.08. The molecule has 14 heavy (non-hydrogen) atoms. The van der Waals surface area contributed by atoms with E-state index >= 15 is 0 Å². The van der Waals surface area contributed by atoms with Crippen molar-refractivity contribution in [3.05, 3.63) is 0 Å². The van der Waals surface area contributed by atoms with Gasteiger partial charge in [0.15, 0.2) is 0 Å². The van der Waals surface area contributed by atoms with Gasteiger partial charge in [0.25, 0.3) is 0 Å². The highest BCUT2D eigenvalue weighted by Crippen LogP contribution is 1.91. The topological polar surface area (TPSA) is 67.8 Å². The fraction of sp³-hybridized carbons (Fsp3) is 0.889. The van der Waals surface area contributed by atoms with E-state index < -0.39 is 0 Å². The van der Waals surface area contributed by atoms with Gasteiger partial charge in [0, 0.05) is 33.8 Å². The third-order valence-electron chi connectivity index (χ3n) is 1.77. The van der Waals surface area contributed by atoms with E-state index in [9.17, 15) is 4.79 Å². The highest BCUT2D eigenvalue weighted by atomic mass is 16.5. The van der Waals surface area contributed by atoms with Gasteiger partial charge in [-0.25, -0.2) is 0 Å². The number of ether oxygens (including phenoxy) is 2. The van der Waals surface area contributed by atoms with Crippen LogP contribution in [0.1, 0.15) is 12.8 Å². The Labute approximate surface area is 84.4 Å². The molecule has 0 aliphatic heterocycles. The van der Waals surface area contributed by atoms with Crippen molar-refractivity contribution in [2.45, 2.75) is 18.9 Å². The first-order valence-electron chi connectivity index (χ1n) is 4.63. The Balaban J connectivity index is 3.52. The number of nitrogens with one attached hydrogen (secondary N) is 1. The lowest BCUT2D eigenvalue weighted by Crippen LogP contribution is -2.35. The summed E-state index contributed by atoms with van der Waals surface area (Å²) in [6, 6.07) is 0. The number of aliphatic hydroxyl groups is 1. The first-order chi connectivity index (χ1) is 6.74. The summed E-state index contributed by atoms with van der Waals surface area (Å²) in [5, 5.41) is 11.2. The molecule has 1 unspecified atom stereocenters. The summed E-state index contributed by atoms with van der Waals surface area (Å²) >= 11 is 0. The molecule has 0 radical (unpaired) electrons. The van der Waals surface area contributed by atoms with Gasteiger partial charge >= 0.3 is 0 Å². The van der Waals surface area contributed by atoms with Crippen LogP contribution in [0.5, 0.6) is 0 Å². The number of hydrogen-bond acceptors (Lipinski definition) is 4. The molecular weight excluding hydrogens is 186 g/mol. The van der Waals surface area contributed by atoms with Gasteiger partial charge in [-0.05, 0) is 6.42 Å². The van der Waals surface area contributed by atoms with E-state index in [1.807, 2.05) is 0 Å². The standard InChI is InChI=1S/C9H19NO4/c1-13-7-8(14-2)6-10-9(12)4-3-5-11/h8,11H,3-7H2,1-2H3,(H,10,12). The maximum atomic E-state index is 11.1. The molecule has 0 aromatic rings. The van der Waals surface area contributed by atoms with Gasteiger partial charge in [-0.3, -0.25) is 4.79 Å². The molecule has 0 saturated carbocycles. The third kappa shape index (κ3) is 6.82. The van der Waals surface area contributed by atoms with Crippen molar-refractivity contribution in [3.63, 3.8) is 0 Å². The minimum absolute atomic E-state index is 0.0409. The summed E-state index contributed by atoms with van der Waals surface area (Å²) in [6.07, 6.45) is 0.728. The number of rotatable bonds is 8. The summed E-state index contributed by atoms with van der Waals surface area (Å²) in [7, 11) is 3.16. The van der Waals surface area contributed by atoms with E-state index in [0.717, 1.165) is 0 Å². The molecule has 0 heterocycles. The van der Waals surface area contributed by atoms with Gasteiger partial charge in [0.05, 0.1) is 12.7 Å². The minimum atomic E-state index is -0.113. The molecule has 0 aromatic heterocycles. The van der Waals surface area contributed by atoms with Crippen LogP contribution in [0.15, 0.2) is 0 Å². The Morgan fingerprint density at radius 1 is 1.50 bits per heavy atom. The van der Waals surface area contributed by atoms with Gasteiger partial charge in [-0.2, -0.15) is 0 Å².